The van der Waals surface area contributed by atoms with Crippen molar-refractivity contribution in [1.82, 2.24) is 10.2 Å². The summed E-state index contributed by atoms with van der Waals surface area (Å²) in [5.41, 5.74) is 0. The Labute approximate surface area is 119 Å². The zero-order valence-corrected chi connectivity index (χ0v) is 12.0. The Morgan fingerprint density at radius 1 is 1.60 bits per heavy atom. The highest BCUT2D eigenvalue weighted by Crippen LogP contribution is 2.24. The van der Waals surface area contributed by atoms with Gasteiger partial charge >= 0.3 is 0 Å². The van der Waals surface area contributed by atoms with Crippen LogP contribution in [0.5, 0.6) is 0 Å². The molecule has 1 saturated carbocycles. The van der Waals surface area contributed by atoms with E-state index in [4.69, 9.17) is 9.52 Å². The van der Waals surface area contributed by atoms with E-state index in [0.717, 1.165) is 31.6 Å². The minimum Gasteiger partial charge on any atom is -0.467 e. The minimum absolute atomic E-state index is 0.0127. The zero-order valence-electron chi connectivity index (χ0n) is 12.0. The fraction of sp³-hybridized carbons (Fsp3) is 0.667. The second kappa shape index (κ2) is 7.45. The number of nitrogens with zero attached hydrogens (tertiary/aromatic N) is 1. The molecule has 0 aromatic carbocycles. The Balaban J connectivity index is 1.81. The Kier molecular flexibility index (Phi) is 5.61. The standard InChI is InChI=1S/C15H24N2O3/c1-12(14-7-3-10-20-14)16-15(19)11-17(8-4-9-18)13-5-2-6-13/h3,7,10,12-13,18H,2,4-6,8-9,11H2,1H3,(H,16,19). The van der Waals surface area contributed by atoms with E-state index in [1.165, 1.54) is 6.42 Å². The van der Waals surface area contributed by atoms with E-state index in [-0.39, 0.29) is 18.6 Å². The average molecular weight is 280 g/mol. The first-order chi connectivity index (χ1) is 9.70. The smallest absolute Gasteiger partial charge is 0.234 e. The molecule has 0 radical (unpaired) electrons. The van der Waals surface area contributed by atoms with Crippen LogP contribution in [0.4, 0.5) is 0 Å². The fourth-order valence-corrected chi connectivity index (χ4v) is 2.50. The van der Waals surface area contributed by atoms with E-state index >= 15 is 0 Å². The predicted molar refractivity (Wildman–Crippen MR) is 76.2 cm³/mol. The molecule has 20 heavy (non-hydrogen) atoms. The molecule has 112 valence electrons. The summed E-state index contributed by atoms with van der Waals surface area (Å²) in [4.78, 5) is 14.3. The quantitative estimate of drug-likeness (QED) is 0.760. The van der Waals surface area contributed by atoms with Gasteiger partial charge in [-0.25, -0.2) is 0 Å². The Morgan fingerprint density at radius 3 is 2.95 bits per heavy atom. The molecule has 0 spiro atoms. The van der Waals surface area contributed by atoms with Crippen molar-refractivity contribution in [3.05, 3.63) is 24.2 Å². The number of hydrogen-bond donors (Lipinski definition) is 2. The van der Waals surface area contributed by atoms with Gasteiger partial charge in [-0.3, -0.25) is 9.69 Å². The van der Waals surface area contributed by atoms with Gasteiger partial charge in [-0.2, -0.15) is 0 Å². The van der Waals surface area contributed by atoms with Crippen molar-refractivity contribution in [2.24, 2.45) is 0 Å². The lowest BCUT2D eigenvalue weighted by molar-refractivity contribution is -0.124. The number of carbonyl (C=O) groups excluding carboxylic acids is 1. The first-order valence-corrected chi connectivity index (χ1v) is 7.38. The second-order valence-corrected chi connectivity index (χ2v) is 5.44. The zero-order chi connectivity index (χ0) is 14.4. The molecule has 0 aliphatic heterocycles. The third-order valence-electron chi connectivity index (χ3n) is 3.89. The number of nitrogens with one attached hydrogen (secondary N) is 1. The van der Waals surface area contributed by atoms with Crippen molar-refractivity contribution >= 4 is 5.91 Å². The summed E-state index contributed by atoms with van der Waals surface area (Å²) in [7, 11) is 0. The number of hydrogen-bond acceptors (Lipinski definition) is 4. The van der Waals surface area contributed by atoms with Gasteiger partial charge in [0.1, 0.15) is 5.76 Å². The van der Waals surface area contributed by atoms with Crippen LogP contribution in [0.2, 0.25) is 0 Å². The van der Waals surface area contributed by atoms with Gasteiger partial charge in [-0.15, -0.1) is 0 Å². The van der Waals surface area contributed by atoms with Crippen LogP contribution in [0.3, 0.4) is 0 Å². The molecule has 5 heteroatoms. The molecule has 1 aliphatic carbocycles. The SMILES string of the molecule is CC(NC(=O)CN(CCCO)C1CCC1)c1ccco1. The van der Waals surface area contributed by atoms with Crippen LogP contribution >= 0.6 is 0 Å². The van der Waals surface area contributed by atoms with Crippen molar-refractivity contribution in [3.8, 4) is 0 Å². The molecule has 1 amide bonds. The van der Waals surface area contributed by atoms with Crippen LogP contribution in [-0.4, -0.2) is 41.7 Å². The molecule has 1 heterocycles. The Morgan fingerprint density at radius 2 is 2.40 bits per heavy atom. The van der Waals surface area contributed by atoms with E-state index in [2.05, 4.69) is 10.2 Å². The summed E-state index contributed by atoms with van der Waals surface area (Å²) < 4.78 is 5.28. The second-order valence-electron chi connectivity index (χ2n) is 5.44. The largest absolute Gasteiger partial charge is 0.467 e. The molecule has 0 saturated heterocycles. The van der Waals surface area contributed by atoms with Gasteiger partial charge in [0, 0.05) is 19.2 Å². The van der Waals surface area contributed by atoms with Gasteiger partial charge in [0.25, 0.3) is 0 Å². The molecular weight excluding hydrogens is 256 g/mol. The van der Waals surface area contributed by atoms with Crippen LogP contribution in [-0.2, 0) is 4.79 Å². The maximum absolute atomic E-state index is 12.1. The number of rotatable bonds is 8. The van der Waals surface area contributed by atoms with Gasteiger partial charge in [0.15, 0.2) is 0 Å². The first kappa shape index (κ1) is 15.1. The predicted octanol–water partition coefficient (Wildman–Crippen LogP) is 1.69. The highest BCUT2D eigenvalue weighted by Gasteiger charge is 2.26. The van der Waals surface area contributed by atoms with Gasteiger partial charge in [0.05, 0.1) is 18.8 Å². The molecule has 5 nitrogen and oxygen atoms in total. The fourth-order valence-electron chi connectivity index (χ4n) is 2.50. The normalized spacial score (nSPS) is 16.9. The van der Waals surface area contributed by atoms with Crippen molar-refractivity contribution in [2.75, 3.05) is 19.7 Å². The maximum Gasteiger partial charge on any atom is 0.234 e. The maximum atomic E-state index is 12.1. The highest BCUT2D eigenvalue weighted by molar-refractivity contribution is 5.78. The van der Waals surface area contributed by atoms with Crippen LogP contribution in [0.25, 0.3) is 0 Å². The Bertz CT molecular complexity index is 401. The monoisotopic (exact) mass is 280 g/mol. The van der Waals surface area contributed by atoms with Crippen LogP contribution in [0.1, 0.15) is 44.4 Å². The number of aliphatic hydroxyl groups excluding tert-OH is 1. The summed E-state index contributed by atoms with van der Waals surface area (Å²) in [5.74, 6) is 0.780. The highest BCUT2D eigenvalue weighted by atomic mass is 16.3. The molecular formula is C15H24N2O3. The van der Waals surface area contributed by atoms with Gasteiger partial charge in [0.2, 0.25) is 5.91 Å². The van der Waals surface area contributed by atoms with Crippen LogP contribution in [0.15, 0.2) is 22.8 Å². The van der Waals surface area contributed by atoms with Crippen molar-refractivity contribution in [2.45, 2.75) is 44.7 Å². The first-order valence-electron chi connectivity index (χ1n) is 7.38. The molecule has 1 fully saturated rings. The van der Waals surface area contributed by atoms with E-state index in [1.54, 1.807) is 6.26 Å². The van der Waals surface area contributed by atoms with E-state index < -0.39 is 0 Å². The summed E-state index contributed by atoms with van der Waals surface area (Å²) >= 11 is 0. The third-order valence-corrected chi connectivity index (χ3v) is 3.89. The van der Waals surface area contributed by atoms with Crippen LogP contribution < -0.4 is 5.32 Å². The van der Waals surface area contributed by atoms with E-state index in [9.17, 15) is 4.79 Å². The molecule has 1 aliphatic rings. The molecule has 2 N–H and O–H groups in total. The van der Waals surface area contributed by atoms with Crippen molar-refractivity contribution < 1.29 is 14.3 Å². The summed E-state index contributed by atoms with van der Waals surface area (Å²) in [6.45, 7) is 3.27. The van der Waals surface area contributed by atoms with Crippen molar-refractivity contribution in [1.29, 1.82) is 0 Å². The van der Waals surface area contributed by atoms with E-state index in [1.807, 2.05) is 19.1 Å². The van der Waals surface area contributed by atoms with Crippen LogP contribution in [0, 0.1) is 0 Å². The summed E-state index contributed by atoms with van der Waals surface area (Å²) in [6.07, 6.45) is 5.89. The molecule has 0 bridgehead atoms. The lowest BCUT2D eigenvalue weighted by Gasteiger charge is -2.37. The average Bonchev–Trinajstić information content (AvgIpc) is 2.87. The topological polar surface area (TPSA) is 65.7 Å². The lowest BCUT2D eigenvalue weighted by atomic mass is 9.91. The number of furan rings is 1. The summed E-state index contributed by atoms with van der Waals surface area (Å²) in [5, 5.41) is 11.9. The minimum atomic E-state index is -0.112. The number of carbonyl (C=O) groups is 1. The summed E-state index contributed by atoms with van der Waals surface area (Å²) in [6, 6.07) is 4.07. The Hall–Kier alpha value is -1.33. The van der Waals surface area contributed by atoms with Crippen molar-refractivity contribution in [3.63, 3.8) is 0 Å². The third kappa shape index (κ3) is 4.08. The molecule has 1 unspecified atom stereocenters. The molecule has 1 aromatic rings. The molecule has 1 aromatic heterocycles. The molecule has 1 atom stereocenters. The van der Waals surface area contributed by atoms with E-state index in [0.29, 0.717) is 12.6 Å². The lowest BCUT2D eigenvalue weighted by Crippen LogP contribution is -2.46. The van der Waals surface area contributed by atoms with Gasteiger partial charge < -0.3 is 14.8 Å². The van der Waals surface area contributed by atoms with Gasteiger partial charge in [-0.1, -0.05) is 6.42 Å². The number of amides is 1. The number of aliphatic hydroxyl groups is 1. The van der Waals surface area contributed by atoms with Gasteiger partial charge in [-0.05, 0) is 38.3 Å². The molecule has 2 rings (SSSR count).